The summed E-state index contributed by atoms with van der Waals surface area (Å²) >= 11 is 0. The van der Waals surface area contributed by atoms with E-state index in [4.69, 9.17) is 5.73 Å². The summed E-state index contributed by atoms with van der Waals surface area (Å²) < 4.78 is 0. The summed E-state index contributed by atoms with van der Waals surface area (Å²) in [7, 11) is 0. The molecule has 0 aromatic carbocycles. The van der Waals surface area contributed by atoms with Crippen molar-refractivity contribution in [3.63, 3.8) is 0 Å². The van der Waals surface area contributed by atoms with E-state index in [9.17, 15) is 9.59 Å². The smallest absolute Gasteiger partial charge is 0.244 e. The molecule has 0 saturated carbocycles. The van der Waals surface area contributed by atoms with Gasteiger partial charge in [0, 0.05) is 18.7 Å². The lowest BCUT2D eigenvalue weighted by molar-refractivity contribution is -0.117. The molecule has 0 fully saturated rings. The van der Waals surface area contributed by atoms with Crippen molar-refractivity contribution < 1.29 is 9.59 Å². The Kier molecular flexibility index (Phi) is 6.59. The minimum absolute atomic E-state index is 0.269. The van der Waals surface area contributed by atoms with Crippen LogP contribution in [0, 0.1) is 0 Å². The van der Waals surface area contributed by atoms with Crippen LogP contribution in [-0.4, -0.2) is 18.4 Å². The van der Waals surface area contributed by atoms with Gasteiger partial charge in [0.15, 0.2) is 0 Å². The lowest BCUT2D eigenvalue weighted by atomic mass is 10.2. The van der Waals surface area contributed by atoms with E-state index in [0.717, 1.165) is 31.4 Å². The van der Waals surface area contributed by atoms with Gasteiger partial charge >= 0.3 is 0 Å². The fourth-order valence-corrected chi connectivity index (χ4v) is 0.803. The van der Waals surface area contributed by atoms with Gasteiger partial charge in [-0.2, -0.15) is 0 Å². The topological polar surface area (TPSA) is 72.2 Å². The number of carbonyl (C=O) groups is 2. The van der Waals surface area contributed by atoms with Gasteiger partial charge in [0.2, 0.25) is 11.8 Å². The van der Waals surface area contributed by atoms with Crippen molar-refractivity contribution in [1.82, 2.24) is 5.32 Å². The van der Waals surface area contributed by atoms with Crippen LogP contribution in [0.5, 0.6) is 0 Å². The SMILES string of the molecule is CCCCCNC(=O)/C=C\C(N)=O. The van der Waals surface area contributed by atoms with Crippen molar-refractivity contribution >= 4 is 11.8 Å². The van der Waals surface area contributed by atoms with Crippen LogP contribution in [0.15, 0.2) is 12.2 Å². The van der Waals surface area contributed by atoms with Gasteiger partial charge < -0.3 is 11.1 Å². The van der Waals surface area contributed by atoms with Gasteiger partial charge in [-0.3, -0.25) is 9.59 Å². The normalized spacial score (nSPS) is 10.2. The number of nitrogens with one attached hydrogen (secondary N) is 1. The second-order valence-electron chi connectivity index (χ2n) is 2.73. The van der Waals surface area contributed by atoms with Crippen LogP contribution in [0.4, 0.5) is 0 Å². The van der Waals surface area contributed by atoms with Crippen molar-refractivity contribution in [2.45, 2.75) is 26.2 Å². The van der Waals surface area contributed by atoms with Crippen LogP contribution in [0.2, 0.25) is 0 Å². The molecule has 0 rings (SSSR count). The van der Waals surface area contributed by atoms with E-state index < -0.39 is 5.91 Å². The summed E-state index contributed by atoms with van der Waals surface area (Å²) in [5.74, 6) is -0.876. The fourth-order valence-electron chi connectivity index (χ4n) is 0.803. The molecular weight excluding hydrogens is 168 g/mol. The summed E-state index contributed by atoms with van der Waals surface area (Å²) in [5, 5.41) is 2.64. The van der Waals surface area contributed by atoms with Crippen LogP contribution < -0.4 is 11.1 Å². The Labute approximate surface area is 78.2 Å². The molecule has 0 radical (unpaired) electrons. The van der Waals surface area contributed by atoms with Gasteiger partial charge in [-0.15, -0.1) is 0 Å². The van der Waals surface area contributed by atoms with E-state index in [0.29, 0.717) is 6.54 Å². The highest BCUT2D eigenvalue weighted by Crippen LogP contribution is 1.90. The first-order valence-corrected chi connectivity index (χ1v) is 4.42. The molecule has 0 unspecified atom stereocenters. The van der Waals surface area contributed by atoms with Crippen LogP contribution >= 0.6 is 0 Å². The number of nitrogens with two attached hydrogens (primary N) is 1. The minimum atomic E-state index is -0.608. The van der Waals surface area contributed by atoms with Crippen molar-refractivity contribution in [3.8, 4) is 0 Å². The van der Waals surface area contributed by atoms with E-state index in [2.05, 4.69) is 12.2 Å². The highest BCUT2D eigenvalue weighted by Gasteiger charge is 1.94. The van der Waals surface area contributed by atoms with Gasteiger partial charge in [-0.1, -0.05) is 19.8 Å². The summed E-state index contributed by atoms with van der Waals surface area (Å²) in [6.45, 7) is 2.74. The van der Waals surface area contributed by atoms with Crippen molar-refractivity contribution in [3.05, 3.63) is 12.2 Å². The van der Waals surface area contributed by atoms with E-state index in [1.54, 1.807) is 0 Å². The van der Waals surface area contributed by atoms with E-state index in [1.165, 1.54) is 0 Å². The second-order valence-corrected chi connectivity index (χ2v) is 2.73. The lowest BCUT2D eigenvalue weighted by Gasteiger charge is -1.99. The molecule has 4 nitrogen and oxygen atoms in total. The van der Waals surface area contributed by atoms with E-state index >= 15 is 0 Å². The second kappa shape index (κ2) is 7.34. The maximum Gasteiger partial charge on any atom is 0.244 e. The van der Waals surface area contributed by atoms with Gasteiger partial charge in [0.05, 0.1) is 0 Å². The number of carbonyl (C=O) groups excluding carboxylic acids is 2. The molecule has 0 spiro atoms. The Hall–Kier alpha value is -1.32. The van der Waals surface area contributed by atoms with Gasteiger partial charge in [-0.05, 0) is 6.42 Å². The van der Waals surface area contributed by atoms with Crippen molar-refractivity contribution in [2.75, 3.05) is 6.54 Å². The first kappa shape index (κ1) is 11.7. The minimum Gasteiger partial charge on any atom is -0.366 e. The lowest BCUT2D eigenvalue weighted by Crippen LogP contribution is -2.22. The molecule has 0 saturated heterocycles. The molecule has 0 atom stereocenters. The van der Waals surface area contributed by atoms with Gasteiger partial charge in [0.1, 0.15) is 0 Å². The Morgan fingerprint density at radius 1 is 1.31 bits per heavy atom. The predicted octanol–water partition coefficient (Wildman–Crippen LogP) is 0.334. The third kappa shape index (κ3) is 8.59. The average Bonchev–Trinajstić information content (AvgIpc) is 2.09. The summed E-state index contributed by atoms with van der Waals surface area (Å²) in [6.07, 6.45) is 5.38. The predicted molar refractivity (Wildman–Crippen MR) is 50.9 cm³/mol. The Morgan fingerprint density at radius 3 is 2.54 bits per heavy atom. The van der Waals surface area contributed by atoms with Crippen LogP contribution in [0.1, 0.15) is 26.2 Å². The highest BCUT2D eigenvalue weighted by molar-refractivity contribution is 5.95. The van der Waals surface area contributed by atoms with E-state index in [-0.39, 0.29) is 5.91 Å². The molecule has 0 aliphatic heterocycles. The third-order valence-electron chi connectivity index (χ3n) is 1.48. The molecule has 0 heterocycles. The molecule has 74 valence electrons. The maximum atomic E-state index is 10.9. The zero-order valence-electron chi connectivity index (χ0n) is 7.88. The zero-order valence-corrected chi connectivity index (χ0v) is 7.88. The number of hydrogen-bond acceptors (Lipinski definition) is 2. The molecule has 13 heavy (non-hydrogen) atoms. The average molecular weight is 184 g/mol. The number of rotatable bonds is 6. The number of amides is 2. The molecule has 2 amide bonds. The number of primary amides is 1. The molecule has 4 heteroatoms. The Bertz CT molecular complexity index is 200. The summed E-state index contributed by atoms with van der Waals surface area (Å²) in [6, 6.07) is 0. The van der Waals surface area contributed by atoms with Crippen molar-refractivity contribution in [1.29, 1.82) is 0 Å². The van der Waals surface area contributed by atoms with Gasteiger partial charge in [-0.25, -0.2) is 0 Å². The third-order valence-corrected chi connectivity index (χ3v) is 1.48. The fraction of sp³-hybridized carbons (Fsp3) is 0.556. The molecule has 0 bridgehead atoms. The molecule has 0 aliphatic rings. The largest absolute Gasteiger partial charge is 0.366 e. The van der Waals surface area contributed by atoms with Gasteiger partial charge in [0.25, 0.3) is 0 Å². The Morgan fingerprint density at radius 2 is 2.00 bits per heavy atom. The number of hydrogen-bond donors (Lipinski definition) is 2. The quantitative estimate of drug-likeness (QED) is 0.461. The maximum absolute atomic E-state index is 10.9. The first-order chi connectivity index (χ1) is 6.16. The van der Waals surface area contributed by atoms with E-state index in [1.807, 2.05) is 0 Å². The Balaban J connectivity index is 3.46. The standard InChI is InChI=1S/C9H16N2O2/c1-2-3-4-7-11-9(13)6-5-8(10)12/h5-6H,2-4,7H2,1H3,(H2,10,12)(H,11,13)/b6-5-. The molecule has 0 aliphatic carbocycles. The first-order valence-electron chi connectivity index (χ1n) is 4.42. The summed E-state index contributed by atoms with van der Waals surface area (Å²) in [4.78, 5) is 21.1. The zero-order chi connectivity index (χ0) is 10.1. The highest BCUT2D eigenvalue weighted by atomic mass is 16.2. The molecular formula is C9H16N2O2. The summed E-state index contributed by atoms with van der Waals surface area (Å²) in [5.41, 5.74) is 4.81. The molecule has 0 aromatic rings. The van der Waals surface area contributed by atoms with Crippen molar-refractivity contribution in [2.24, 2.45) is 5.73 Å². The van der Waals surface area contributed by atoms with Crippen LogP contribution in [0.3, 0.4) is 0 Å². The molecule has 0 aromatic heterocycles. The number of unbranched alkanes of at least 4 members (excludes halogenated alkanes) is 2. The molecule has 3 N–H and O–H groups in total. The van der Waals surface area contributed by atoms with Crippen LogP contribution in [0.25, 0.3) is 0 Å². The monoisotopic (exact) mass is 184 g/mol. The van der Waals surface area contributed by atoms with Crippen LogP contribution in [-0.2, 0) is 9.59 Å².